The molecule has 0 unspecified atom stereocenters. The van der Waals surface area contributed by atoms with Crippen LogP contribution in [0.2, 0.25) is 0 Å². The summed E-state index contributed by atoms with van der Waals surface area (Å²) < 4.78 is 9.43. The third-order valence-corrected chi connectivity index (χ3v) is 2.14. The van der Waals surface area contributed by atoms with E-state index in [1.807, 2.05) is 0 Å². The van der Waals surface area contributed by atoms with Crippen molar-refractivity contribution in [2.45, 2.75) is 0 Å². The summed E-state index contributed by atoms with van der Waals surface area (Å²) >= 11 is 0. The number of hydrogen-bond acceptors (Lipinski definition) is 4. The molecule has 2 rings (SSSR count). The number of carbonyl (C=O) groups is 2. The minimum absolute atomic E-state index is 0.113. The molecule has 74 valence electrons. The van der Waals surface area contributed by atoms with Crippen molar-refractivity contribution in [2.24, 2.45) is 0 Å². The molecule has 0 atom stereocenters. The van der Waals surface area contributed by atoms with Gasteiger partial charge in [0.25, 0.3) is 0 Å². The van der Waals surface area contributed by atoms with E-state index in [2.05, 4.69) is 10.7 Å². The van der Waals surface area contributed by atoms with Crippen LogP contribution in [-0.2, 0) is 4.74 Å². The molecule has 0 saturated heterocycles. The van der Waals surface area contributed by atoms with E-state index < -0.39 is 11.9 Å². The molecule has 1 aromatic carbocycles. The van der Waals surface area contributed by atoms with E-state index in [0.29, 0.717) is 5.75 Å². The lowest BCUT2D eigenvalue weighted by Gasteiger charge is -2.04. The molecule has 0 amide bonds. The Balaban J connectivity index is 2.78. The molecule has 0 bridgehead atoms. The second kappa shape index (κ2) is 3.14. The first-order valence-corrected chi connectivity index (χ1v) is 4.13. The van der Waals surface area contributed by atoms with Crippen LogP contribution < -0.4 is 4.74 Å². The highest BCUT2D eigenvalue weighted by atomic mass is 16.6. The molecule has 0 radical (unpaired) electrons. The van der Waals surface area contributed by atoms with Gasteiger partial charge in [-0.15, -0.1) is 6.42 Å². The van der Waals surface area contributed by atoms with Gasteiger partial charge in [-0.25, -0.2) is 9.59 Å². The Hall–Kier alpha value is -2.28. The lowest BCUT2D eigenvalue weighted by molar-refractivity contribution is 0.0443. The minimum Gasteiger partial charge on any atom is -0.495 e. The first kappa shape index (κ1) is 9.28. The third-order valence-electron chi connectivity index (χ3n) is 2.14. The van der Waals surface area contributed by atoms with Gasteiger partial charge in [0.1, 0.15) is 5.75 Å². The molecular weight excluding hydrogens is 196 g/mol. The van der Waals surface area contributed by atoms with Crippen LogP contribution in [0.5, 0.6) is 5.75 Å². The fourth-order valence-corrected chi connectivity index (χ4v) is 1.47. The van der Waals surface area contributed by atoms with E-state index >= 15 is 0 Å². The van der Waals surface area contributed by atoms with E-state index in [4.69, 9.17) is 11.2 Å². The van der Waals surface area contributed by atoms with Crippen LogP contribution in [0.1, 0.15) is 26.3 Å². The predicted octanol–water partition coefficient (Wildman–Crippen LogP) is 0.987. The van der Waals surface area contributed by atoms with Crippen molar-refractivity contribution in [3.05, 3.63) is 28.8 Å². The summed E-state index contributed by atoms with van der Waals surface area (Å²) in [5, 5.41) is 0. The maximum atomic E-state index is 11.3. The van der Waals surface area contributed by atoms with Crippen molar-refractivity contribution in [2.75, 3.05) is 7.11 Å². The summed E-state index contributed by atoms with van der Waals surface area (Å²) in [5.74, 6) is 1.30. The maximum Gasteiger partial charge on any atom is 0.348 e. The summed E-state index contributed by atoms with van der Waals surface area (Å²) in [6.07, 6.45) is 5.26. The number of hydrogen-bond donors (Lipinski definition) is 0. The van der Waals surface area contributed by atoms with Crippen LogP contribution in [0, 0.1) is 12.3 Å². The smallest absolute Gasteiger partial charge is 0.348 e. The summed E-state index contributed by atoms with van der Waals surface area (Å²) in [5.41, 5.74) is 0.557. The molecule has 1 aromatic rings. The Kier molecular flexibility index (Phi) is 1.94. The molecule has 1 aliphatic rings. The molecule has 0 spiro atoms. The number of terminal acetylenes is 1. The van der Waals surface area contributed by atoms with Gasteiger partial charge in [0.15, 0.2) is 0 Å². The highest BCUT2D eigenvalue weighted by Gasteiger charge is 2.33. The van der Waals surface area contributed by atoms with Gasteiger partial charge in [0, 0.05) is 0 Å². The zero-order valence-corrected chi connectivity index (χ0v) is 7.87. The van der Waals surface area contributed by atoms with Crippen LogP contribution >= 0.6 is 0 Å². The van der Waals surface area contributed by atoms with Gasteiger partial charge < -0.3 is 9.47 Å². The molecule has 0 aliphatic carbocycles. The average Bonchev–Trinajstić information content (AvgIpc) is 2.53. The van der Waals surface area contributed by atoms with Gasteiger partial charge in [-0.05, 0) is 12.1 Å². The zero-order valence-electron chi connectivity index (χ0n) is 7.87. The quantitative estimate of drug-likeness (QED) is 0.387. The van der Waals surface area contributed by atoms with Crippen LogP contribution in [0.4, 0.5) is 0 Å². The summed E-state index contributed by atoms with van der Waals surface area (Å²) in [6, 6.07) is 3.00. The Morgan fingerprint density at radius 2 is 2.07 bits per heavy atom. The average molecular weight is 202 g/mol. The van der Waals surface area contributed by atoms with Crippen LogP contribution in [0.15, 0.2) is 12.1 Å². The predicted molar refractivity (Wildman–Crippen MR) is 50.7 cm³/mol. The van der Waals surface area contributed by atoms with E-state index in [1.54, 1.807) is 0 Å². The fraction of sp³-hybridized carbons (Fsp3) is 0.0909. The van der Waals surface area contributed by atoms with Gasteiger partial charge >= 0.3 is 11.9 Å². The normalized spacial score (nSPS) is 13.1. The van der Waals surface area contributed by atoms with E-state index in [0.717, 1.165) is 0 Å². The summed E-state index contributed by atoms with van der Waals surface area (Å²) in [4.78, 5) is 22.5. The van der Waals surface area contributed by atoms with Gasteiger partial charge in [-0.1, -0.05) is 5.92 Å². The number of ether oxygens (including phenoxy) is 2. The highest BCUT2D eigenvalue weighted by molar-refractivity contribution is 6.16. The van der Waals surface area contributed by atoms with Crippen LogP contribution in [0.3, 0.4) is 0 Å². The molecule has 1 aliphatic heterocycles. The minimum atomic E-state index is -0.721. The standard InChI is InChI=1S/C11H6O4/c1-3-6-8(14-2)5-4-7-9(6)11(13)15-10(7)12/h1,4-5H,2H3. The number of esters is 2. The molecular formula is C11H6O4. The van der Waals surface area contributed by atoms with Gasteiger partial charge in [-0.3, -0.25) is 0 Å². The topological polar surface area (TPSA) is 52.6 Å². The van der Waals surface area contributed by atoms with E-state index in [-0.39, 0.29) is 16.7 Å². The van der Waals surface area contributed by atoms with Crippen LogP contribution in [0.25, 0.3) is 0 Å². The Bertz CT molecular complexity index is 508. The molecule has 4 heteroatoms. The fourth-order valence-electron chi connectivity index (χ4n) is 1.47. The Labute approximate surface area is 85.8 Å². The maximum absolute atomic E-state index is 11.3. The SMILES string of the molecule is C#Cc1c(OC)ccc2c1C(=O)OC2=O. The first-order chi connectivity index (χ1) is 7.19. The van der Waals surface area contributed by atoms with Crippen LogP contribution in [-0.4, -0.2) is 19.0 Å². The molecule has 15 heavy (non-hydrogen) atoms. The molecule has 0 aromatic heterocycles. The van der Waals surface area contributed by atoms with Crippen molar-refractivity contribution in [3.63, 3.8) is 0 Å². The monoisotopic (exact) mass is 202 g/mol. The first-order valence-electron chi connectivity index (χ1n) is 4.13. The largest absolute Gasteiger partial charge is 0.495 e. The Morgan fingerprint density at radius 1 is 1.33 bits per heavy atom. The van der Waals surface area contributed by atoms with E-state index in [9.17, 15) is 9.59 Å². The van der Waals surface area contributed by atoms with Gasteiger partial charge in [0.2, 0.25) is 0 Å². The molecule has 0 N–H and O–H groups in total. The molecule has 0 fully saturated rings. The van der Waals surface area contributed by atoms with Crippen molar-refractivity contribution in [1.29, 1.82) is 0 Å². The zero-order chi connectivity index (χ0) is 11.0. The Morgan fingerprint density at radius 3 is 2.67 bits per heavy atom. The second-order valence-electron chi connectivity index (χ2n) is 2.89. The number of carbonyl (C=O) groups excluding carboxylic acids is 2. The number of fused-ring (bicyclic) bond motifs is 1. The van der Waals surface area contributed by atoms with Crippen molar-refractivity contribution in [3.8, 4) is 18.1 Å². The number of benzene rings is 1. The number of cyclic esters (lactones) is 2. The van der Waals surface area contributed by atoms with Gasteiger partial charge in [0.05, 0.1) is 23.8 Å². The van der Waals surface area contributed by atoms with Crippen molar-refractivity contribution in [1.82, 2.24) is 0 Å². The third kappa shape index (κ3) is 1.17. The van der Waals surface area contributed by atoms with E-state index in [1.165, 1.54) is 19.2 Å². The number of methoxy groups -OCH3 is 1. The second-order valence-corrected chi connectivity index (χ2v) is 2.89. The van der Waals surface area contributed by atoms with Gasteiger partial charge in [-0.2, -0.15) is 0 Å². The number of rotatable bonds is 1. The lowest BCUT2D eigenvalue weighted by Crippen LogP contribution is -2.00. The summed E-state index contributed by atoms with van der Waals surface area (Å²) in [6.45, 7) is 0. The summed E-state index contributed by atoms with van der Waals surface area (Å²) in [7, 11) is 1.44. The highest BCUT2D eigenvalue weighted by Crippen LogP contribution is 2.29. The lowest BCUT2D eigenvalue weighted by atomic mass is 10.0. The molecule has 1 heterocycles. The van der Waals surface area contributed by atoms with Crippen molar-refractivity contribution >= 4 is 11.9 Å². The van der Waals surface area contributed by atoms with Crippen molar-refractivity contribution < 1.29 is 19.1 Å². The molecule has 4 nitrogen and oxygen atoms in total. The molecule has 0 saturated carbocycles.